The Morgan fingerprint density at radius 1 is 0.436 bits per heavy atom. The summed E-state index contributed by atoms with van der Waals surface area (Å²) < 4.78 is 40.3. The lowest BCUT2D eigenvalue weighted by Crippen LogP contribution is -1.98. The van der Waals surface area contributed by atoms with E-state index in [4.69, 9.17) is 9.90 Å². The van der Waals surface area contributed by atoms with Gasteiger partial charge in [-0.3, -0.25) is 0 Å². The quantitative estimate of drug-likeness (QED) is 0.218. The Bertz CT molecular complexity index is 2330. The number of rotatable bonds is 4. The van der Waals surface area contributed by atoms with Gasteiger partial charge in [-0.2, -0.15) is 0 Å². The van der Waals surface area contributed by atoms with E-state index in [-0.39, 0.29) is 24.2 Å². The van der Waals surface area contributed by atoms with Gasteiger partial charge in [0.25, 0.3) is 0 Å². The first-order chi connectivity index (χ1) is 20.9. The third kappa shape index (κ3) is 3.70. The molecule has 184 valence electrons. The van der Waals surface area contributed by atoms with Crippen molar-refractivity contribution in [1.29, 1.82) is 0 Å². The predicted octanol–water partition coefficient (Wildman–Crippen LogP) is 10.2. The lowest BCUT2D eigenvalue weighted by Gasteiger charge is -2.17. The molecular formula is C38H26O. The fourth-order valence-corrected chi connectivity index (χ4v) is 6.07. The van der Waals surface area contributed by atoms with Gasteiger partial charge < -0.3 is 4.42 Å². The molecule has 0 atom stereocenters. The summed E-state index contributed by atoms with van der Waals surface area (Å²) in [5.41, 5.74) is 5.87. The molecule has 0 unspecified atom stereocenters. The van der Waals surface area contributed by atoms with Crippen molar-refractivity contribution in [1.82, 2.24) is 0 Å². The molecule has 0 saturated heterocycles. The van der Waals surface area contributed by atoms with Crippen molar-refractivity contribution in [3.05, 3.63) is 156 Å². The van der Waals surface area contributed by atoms with Crippen molar-refractivity contribution in [2.75, 3.05) is 0 Å². The number of furan rings is 1. The molecule has 0 N–H and O–H groups in total. The minimum Gasteiger partial charge on any atom is -0.456 e. The highest BCUT2D eigenvalue weighted by molar-refractivity contribution is 6.07. The molecule has 0 aliphatic rings. The standard InChI is InChI=1S/C38H26O/c1-2-10-28-21-25(17-19-27(28)9-1)22-35-29-11-3-5-13-31(29)36(32-14-6-4-12-30(32)35)23-26-18-20-34-33-15-7-8-16-37(33)39-38(34)24-26/h1-21,24H,22-23H2/i3D,4D,5D,6D. The van der Waals surface area contributed by atoms with E-state index in [1.807, 2.05) is 30.3 Å². The number of benzene rings is 7. The Hall–Kier alpha value is -4.88. The van der Waals surface area contributed by atoms with E-state index in [0.29, 0.717) is 12.8 Å². The largest absolute Gasteiger partial charge is 0.456 e. The first-order valence-electron chi connectivity index (χ1n) is 15.3. The van der Waals surface area contributed by atoms with Crippen LogP contribution in [0, 0.1) is 0 Å². The molecule has 0 aliphatic carbocycles. The molecule has 0 radical (unpaired) electrons. The molecule has 1 heteroatoms. The third-order valence-corrected chi connectivity index (χ3v) is 7.93. The Balaban J connectivity index is 1.36. The van der Waals surface area contributed by atoms with Gasteiger partial charge in [-0.25, -0.2) is 0 Å². The summed E-state index contributed by atoms with van der Waals surface area (Å²) in [6.07, 6.45) is 1.17. The molecule has 0 aliphatic heterocycles. The summed E-state index contributed by atoms with van der Waals surface area (Å²) in [5, 5.41) is 8.14. The second kappa shape index (κ2) is 8.85. The molecule has 0 fully saturated rings. The molecule has 0 saturated carbocycles. The van der Waals surface area contributed by atoms with Gasteiger partial charge in [-0.1, -0.05) is 121 Å². The highest BCUT2D eigenvalue weighted by Gasteiger charge is 2.16. The number of para-hydroxylation sites is 1. The van der Waals surface area contributed by atoms with Crippen molar-refractivity contribution in [2.45, 2.75) is 12.8 Å². The molecule has 39 heavy (non-hydrogen) atoms. The molecule has 1 nitrogen and oxygen atoms in total. The van der Waals surface area contributed by atoms with Crippen LogP contribution in [0.25, 0.3) is 54.3 Å². The normalized spacial score (nSPS) is 13.2. The van der Waals surface area contributed by atoms with E-state index in [1.54, 1.807) is 24.3 Å². The fraction of sp³-hybridized carbons (Fsp3) is 0.0526. The average Bonchev–Trinajstić information content (AvgIpc) is 3.38. The topological polar surface area (TPSA) is 13.1 Å². The van der Waals surface area contributed by atoms with Crippen molar-refractivity contribution in [3.63, 3.8) is 0 Å². The maximum Gasteiger partial charge on any atom is 0.135 e. The van der Waals surface area contributed by atoms with Gasteiger partial charge in [-0.05, 0) is 79.5 Å². The van der Waals surface area contributed by atoms with Gasteiger partial charge in [-0.15, -0.1) is 0 Å². The first-order valence-corrected chi connectivity index (χ1v) is 13.3. The van der Waals surface area contributed by atoms with Crippen LogP contribution in [-0.2, 0) is 12.8 Å². The number of fused-ring (bicyclic) bond motifs is 6. The van der Waals surface area contributed by atoms with Crippen LogP contribution >= 0.6 is 0 Å². The van der Waals surface area contributed by atoms with E-state index >= 15 is 0 Å². The second-order valence-electron chi connectivity index (χ2n) is 10.2. The Kier molecular flexibility index (Phi) is 4.17. The van der Waals surface area contributed by atoms with Crippen LogP contribution < -0.4 is 0 Å². The summed E-state index contributed by atoms with van der Waals surface area (Å²) in [6, 6.07) is 37.0. The second-order valence-corrected chi connectivity index (χ2v) is 10.2. The summed E-state index contributed by atoms with van der Waals surface area (Å²) in [6.45, 7) is 0. The SMILES string of the molecule is [2H]c1cc2c(Cc3ccc4ccccc4c3)c3cc([2H])c([2H])cc3c(Cc3ccc4c(c3)oc3ccccc34)c2cc1[2H]. The van der Waals surface area contributed by atoms with E-state index in [9.17, 15) is 0 Å². The van der Waals surface area contributed by atoms with Crippen molar-refractivity contribution in [3.8, 4) is 0 Å². The van der Waals surface area contributed by atoms with Crippen LogP contribution in [0.4, 0.5) is 0 Å². The Labute approximate surface area is 232 Å². The zero-order valence-corrected chi connectivity index (χ0v) is 21.2. The smallest absolute Gasteiger partial charge is 0.135 e. The molecule has 1 aromatic heterocycles. The molecule has 8 rings (SSSR count). The minimum atomic E-state index is 0.167. The highest BCUT2D eigenvalue weighted by atomic mass is 16.3. The van der Waals surface area contributed by atoms with Gasteiger partial charge in [0.05, 0.1) is 5.48 Å². The third-order valence-electron chi connectivity index (χ3n) is 7.93. The van der Waals surface area contributed by atoms with Gasteiger partial charge >= 0.3 is 0 Å². The van der Waals surface area contributed by atoms with E-state index in [0.717, 1.165) is 71.1 Å². The molecular weight excluding hydrogens is 472 g/mol. The minimum absolute atomic E-state index is 0.167. The highest BCUT2D eigenvalue weighted by Crippen LogP contribution is 2.37. The zero-order chi connectivity index (χ0) is 29.2. The van der Waals surface area contributed by atoms with Crippen LogP contribution in [0.5, 0.6) is 0 Å². The van der Waals surface area contributed by atoms with Crippen molar-refractivity contribution >= 4 is 54.3 Å². The molecule has 7 aromatic carbocycles. The molecule has 0 amide bonds. The van der Waals surface area contributed by atoms with Gasteiger partial charge in [0.1, 0.15) is 11.2 Å². The molecule has 1 heterocycles. The Morgan fingerprint density at radius 2 is 0.974 bits per heavy atom. The molecule has 0 bridgehead atoms. The maximum absolute atomic E-state index is 8.54. The number of hydrogen-bond donors (Lipinski definition) is 0. The predicted molar refractivity (Wildman–Crippen MR) is 165 cm³/mol. The monoisotopic (exact) mass is 502 g/mol. The van der Waals surface area contributed by atoms with Crippen molar-refractivity contribution in [2.24, 2.45) is 0 Å². The van der Waals surface area contributed by atoms with Crippen LogP contribution in [0.3, 0.4) is 0 Å². The van der Waals surface area contributed by atoms with E-state index < -0.39 is 0 Å². The Morgan fingerprint density at radius 3 is 1.67 bits per heavy atom. The van der Waals surface area contributed by atoms with E-state index in [2.05, 4.69) is 54.6 Å². The van der Waals surface area contributed by atoms with Gasteiger partial charge in [0, 0.05) is 10.8 Å². The summed E-state index contributed by atoms with van der Waals surface area (Å²) in [4.78, 5) is 0. The van der Waals surface area contributed by atoms with Crippen LogP contribution in [-0.4, -0.2) is 0 Å². The average molecular weight is 503 g/mol. The summed E-state index contributed by atoms with van der Waals surface area (Å²) in [5.74, 6) is 0. The van der Waals surface area contributed by atoms with Crippen LogP contribution in [0.15, 0.2) is 138 Å². The van der Waals surface area contributed by atoms with Crippen LogP contribution in [0.2, 0.25) is 0 Å². The van der Waals surface area contributed by atoms with Gasteiger partial charge in [0.15, 0.2) is 0 Å². The zero-order valence-electron chi connectivity index (χ0n) is 25.2. The lowest BCUT2D eigenvalue weighted by molar-refractivity contribution is 0.668. The fourth-order valence-electron chi connectivity index (χ4n) is 6.07. The summed E-state index contributed by atoms with van der Waals surface area (Å²) in [7, 11) is 0. The number of hydrogen-bond acceptors (Lipinski definition) is 1. The first kappa shape index (κ1) is 18.4. The molecule has 0 spiro atoms. The summed E-state index contributed by atoms with van der Waals surface area (Å²) >= 11 is 0. The van der Waals surface area contributed by atoms with E-state index in [1.165, 1.54) is 5.39 Å². The molecule has 8 aromatic rings. The lowest BCUT2D eigenvalue weighted by atomic mass is 9.86. The maximum atomic E-state index is 8.54. The van der Waals surface area contributed by atoms with Crippen LogP contribution in [0.1, 0.15) is 27.7 Å². The van der Waals surface area contributed by atoms with Crippen molar-refractivity contribution < 1.29 is 9.90 Å². The van der Waals surface area contributed by atoms with Gasteiger partial charge in [0.2, 0.25) is 0 Å².